The zero-order chi connectivity index (χ0) is 21.1. The van der Waals surface area contributed by atoms with Gasteiger partial charge in [0.05, 0.1) is 6.61 Å². The highest BCUT2D eigenvalue weighted by molar-refractivity contribution is 7.98. The van der Waals surface area contributed by atoms with Crippen LogP contribution in [0.1, 0.15) is 29.1 Å². The second kappa shape index (κ2) is 8.93. The molecule has 0 aliphatic heterocycles. The molecule has 0 aliphatic carbocycles. The summed E-state index contributed by atoms with van der Waals surface area (Å²) in [6.07, 6.45) is 3.42. The standard InChI is InChI=1S/C21H19FN4O2S2/c1-3-26-19(13-8-10-23-11-9-13)24-25-21(26)29-12-14-17-15(22)6-5-7-16(17)30-18(14)20(27)28-4-2/h5-11H,3-4,12H2,1-2H3. The van der Waals surface area contributed by atoms with Gasteiger partial charge in [-0.3, -0.25) is 4.98 Å². The number of halogens is 1. The molecule has 0 spiro atoms. The number of hydrogen-bond donors (Lipinski definition) is 0. The van der Waals surface area contributed by atoms with E-state index in [0.717, 1.165) is 16.1 Å². The lowest BCUT2D eigenvalue weighted by atomic mass is 10.1. The highest BCUT2D eigenvalue weighted by atomic mass is 32.2. The molecule has 0 amide bonds. The molecule has 0 atom stereocenters. The second-order valence-corrected chi connectivity index (χ2v) is 8.31. The number of rotatable bonds is 7. The molecule has 6 nitrogen and oxygen atoms in total. The Morgan fingerprint density at radius 1 is 1.20 bits per heavy atom. The van der Waals surface area contributed by atoms with Gasteiger partial charge >= 0.3 is 5.97 Å². The van der Waals surface area contributed by atoms with E-state index in [-0.39, 0.29) is 12.4 Å². The van der Waals surface area contributed by atoms with Crippen LogP contribution in [0.5, 0.6) is 0 Å². The van der Waals surface area contributed by atoms with E-state index in [0.29, 0.717) is 33.3 Å². The minimum atomic E-state index is -0.428. The molecule has 0 saturated carbocycles. The van der Waals surface area contributed by atoms with Crippen molar-refractivity contribution < 1.29 is 13.9 Å². The van der Waals surface area contributed by atoms with Crippen molar-refractivity contribution in [2.45, 2.75) is 31.3 Å². The van der Waals surface area contributed by atoms with E-state index in [1.54, 1.807) is 25.4 Å². The van der Waals surface area contributed by atoms with E-state index < -0.39 is 5.97 Å². The molecule has 1 aromatic carbocycles. The lowest BCUT2D eigenvalue weighted by Gasteiger charge is -2.08. The van der Waals surface area contributed by atoms with Crippen molar-refractivity contribution in [3.8, 4) is 11.4 Å². The van der Waals surface area contributed by atoms with Crippen LogP contribution in [-0.2, 0) is 17.0 Å². The Bertz CT molecular complexity index is 1190. The lowest BCUT2D eigenvalue weighted by molar-refractivity contribution is 0.0531. The summed E-state index contributed by atoms with van der Waals surface area (Å²) in [5.41, 5.74) is 1.55. The number of thioether (sulfide) groups is 1. The SMILES string of the molecule is CCOC(=O)c1sc2cccc(F)c2c1CSc1nnc(-c2ccncc2)n1CC. The summed E-state index contributed by atoms with van der Waals surface area (Å²) in [6.45, 7) is 4.71. The summed E-state index contributed by atoms with van der Waals surface area (Å²) < 4.78 is 22.5. The van der Waals surface area contributed by atoms with Crippen molar-refractivity contribution in [1.82, 2.24) is 19.7 Å². The first-order chi connectivity index (χ1) is 14.6. The van der Waals surface area contributed by atoms with Gasteiger partial charge in [0.2, 0.25) is 0 Å². The maximum absolute atomic E-state index is 14.6. The van der Waals surface area contributed by atoms with Gasteiger partial charge in [-0.15, -0.1) is 21.5 Å². The first kappa shape index (κ1) is 20.5. The molecule has 0 N–H and O–H groups in total. The zero-order valence-corrected chi connectivity index (χ0v) is 18.1. The fourth-order valence-corrected chi connectivity index (χ4v) is 5.45. The molecule has 0 saturated heterocycles. The number of esters is 1. The summed E-state index contributed by atoms with van der Waals surface area (Å²) in [5, 5.41) is 9.82. The van der Waals surface area contributed by atoms with Gasteiger partial charge in [0.15, 0.2) is 11.0 Å². The Hall–Kier alpha value is -2.78. The Morgan fingerprint density at radius 2 is 2.00 bits per heavy atom. The van der Waals surface area contributed by atoms with E-state index in [1.807, 2.05) is 29.7 Å². The van der Waals surface area contributed by atoms with Crippen LogP contribution in [0.25, 0.3) is 21.5 Å². The van der Waals surface area contributed by atoms with E-state index in [4.69, 9.17) is 4.74 Å². The van der Waals surface area contributed by atoms with Crippen LogP contribution in [0.2, 0.25) is 0 Å². The van der Waals surface area contributed by atoms with Crippen molar-refractivity contribution in [3.63, 3.8) is 0 Å². The van der Waals surface area contributed by atoms with Crippen molar-refractivity contribution in [3.05, 3.63) is 59.0 Å². The summed E-state index contributed by atoms with van der Waals surface area (Å²) in [5.74, 6) is 0.352. The molecule has 4 aromatic rings. The molecule has 0 aliphatic rings. The van der Waals surface area contributed by atoms with E-state index >= 15 is 0 Å². The molecular formula is C21H19FN4O2S2. The van der Waals surface area contributed by atoms with E-state index in [9.17, 15) is 9.18 Å². The topological polar surface area (TPSA) is 69.9 Å². The quantitative estimate of drug-likeness (QED) is 0.290. The average Bonchev–Trinajstić information content (AvgIpc) is 3.34. The molecule has 3 heterocycles. The van der Waals surface area contributed by atoms with Crippen LogP contribution >= 0.6 is 23.1 Å². The predicted molar refractivity (Wildman–Crippen MR) is 116 cm³/mol. The predicted octanol–water partition coefficient (Wildman–Crippen LogP) is 5.18. The minimum absolute atomic E-state index is 0.265. The number of carbonyl (C=O) groups excluding carboxylic acids is 1. The number of fused-ring (bicyclic) bond motifs is 1. The molecule has 3 aromatic heterocycles. The van der Waals surface area contributed by atoms with Crippen LogP contribution < -0.4 is 0 Å². The van der Waals surface area contributed by atoms with Crippen LogP contribution in [0.3, 0.4) is 0 Å². The number of carbonyl (C=O) groups is 1. The van der Waals surface area contributed by atoms with Gasteiger partial charge in [0, 0.05) is 40.3 Å². The number of ether oxygens (including phenoxy) is 1. The van der Waals surface area contributed by atoms with Crippen LogP contribution in [0, 0.1) is 5.82 Å². The average molecular weight is 443 g/mol. The van der Waals surface area contributed by atoms with Crippen molar-refractivity contribution in [1.29, 1.82) is 0 Å². The fraction of sp³-hybridized carbons (Fsp3) is 0.238. The summed E-state index contributed by atoms with van der Waals surface area (Å²) in [4.78, 5) is 17.0. The highest BCUT2D eigenvalue weighted by Crippen LogP contribution is 2.37. The minimum Gasteiger partial charge on any atom is -0.462 e. The van der Waals surface area contributed by atoms with Gasteiger partial charge < -0.3 is 9.30 Å². The fourth-order valence-electron chi connectivity index (χ4n) is 3.20. The Labute approximate surface area is 181 Å². The van der Waals surface area contributed by atoms with Crippen molar-refractivity contribution >= 4 is 39.2 Å². The molecule has 0 unspecified atom stereocenters. The molecule has 0 bridgehead atoms. The second-order valence-electron chi connectivity index (χ2n) is 6.32. The summed E-state index contributed by atoms with van der Waals surface area (Å²) in [7, 11) is 0. The number of nitrogens with zero attached hydrogens (tertiary/aromatic N) is 4. The number of aromatic nitrogens is 4. The lowest BCUT2D eigenvalue weighted by Crippen LogP contribution is -2.05. The van der Waals surface area contributed by atoms with Gasteiger partial charge in [-0.25, -0.2) is 9.18 Å². The third kappa shape index (κ3) is 3.82. The zero-order valence-electron chi connectivity index (χ0n) is 16.5. The van der Waals surface area contributed by atoms with Crippen LogP contribution in [0.4, 0.5) is 4.39 Å². The summed E-state index contributed by atoms with van der Waals surface area (Å²) >= 11 is 2.68. The Kier molecular flexibility index (Phi) is 6.10. The molecular weight excluding hydrogens is 423 g/mol. The Morgan fingerprint density at radius 3 is 2.73 bits per heavy atom. The van der Waals surface area contributed by atoms with Gasteiger partial charge in [0.1, 0.15) is 10.7 Å². The number of hydrogen-bond acceptors (Lipinski definition) is 7. The maximum Gasteiger partial charge on any atom is 0.348 e. The van der Waals surface area contributed by atoms with E-state index in [2.05, 4.69) is 15.2 Å². The number of benzene rings is 1. The van der Waals surface area contributed by atoms with Gasteiger partial charge in [-0.1, -0.05) is 17.8 Å². The molecule has 30 heavy (non-hydrogen) atoms. The third-order valence-corrected chi connectivity index (χ3v) is 6.71. The first-order valence-electron chi connectivity index (χ1n) is 9.47. The van der Waals surface area contributed by atoms with Gasteiger partial charge in [0.25, 0.3) is 0 Å². The largest absolute Gasteiger partial charge is 0.462 e. The highest BCUT2D eigenvalue weighted by Gasteiger charge is 2.23. The van der Waals surface area contributed by atoms with Gasteiger partial charge in [-0.05, 0) is 43.7 Å². The molecule has 154 valence electrons. The summed E-state index contributed by atoms with van der Waals surface area (Å²) in [6, 6.07) is 8.63. The van der Waals surface area contributed by atoms with Crippen LogP contribution in [-0.4, -0.2) is 32.3 Å². The van der Waals surface area contributed by atoms with Crippen LogP contribution in [0.15, 0.2) is 47.9 Å². The van der Waals surface area contributed by atoms with Gasteiger partial charge in [-0.2, -0.15) is 0 Å². The number of thiophene rings is 1. The molecule has 4 rings (SSSR count). The first-order valence-corrected chi connectivity index (χ1v) is 11.3. The molecule has 0 fully saturated rings. The van der Waals surface area contributed by atoms with Crippen molar-refractivity contribution in [2.75, 3.05) is 6.61 Å². The monoisotopic (exact) mass is 442 g/mol. The maximum atomic E-state index is 14.6. The van der Waals surface area contributed by atoms with E-state index in [1.165, 1.54) is 29.2 Å². The number of pyridine rings is 1. The van der Waals surface area contributed by atoms with Crippen molar-refractivity contribution in [2.24, 2.45) is 0 Å². The normalized spacial score (nSPS) is 11.2. The molecule has 0 radical (unpaired) electrons. The third-order valence-electron chi connectivity index (χ3n) is 4.54. The smallest absolute Gasteiger partial charge is 0.348 e. The molecule has 9 heteroatoms. The Balaban J connectivity index is 1.70.